The minimum Gasteiger partial charge on any atom is -0.434 e. The maximum atomic E-state index is 12.1. The number of benzene rings is 1. The van der Waals surface area contributed by atoms with Crippen LogP contribution in [0.2, 0.25) is 0 Å². The Hall–Kier alpha value is -2.61. The lowest BCUT2D eigenvalue weighted by Crippen LogP contribution is -2.35. The van der Waals surface area contributed by atoms with Crippen LogP contribution in [0.4, 0.5) is 10.5 Å². The highest BCUT2D eigenvalue weighted by molar-refractivity contribution is 5.95. The molecule has 134 valence electrons. The fourth-order valence-corrected chi connectivity index (χ4v) is 3.20. The molecule has 2 aliphatic rings. The number of aliphatic hydroxyl groups is 1. The summed E-state index contributed by atoms with van der Waals surface area (Å²) in [6.45, 7) is 0.717. The molecule has 0 aromatic heterocycles. The van der Waals surface area contributed by atoms with Gasteiger partial charge >= 0.3 is 6.09 Å². The number of carbonyl (C=O) groups excluding carboxylic acids is 3. The molecule has 1 fully saturated rings. The number of cyclic esters (lactones) is 1. The van der Waals surface area contributed by atoms with Crippen molar-refractivity contribution in [3.05, 3.63) is 29.3 Å². The lowest BCUT2D eigenvalue weighted by atomic mass is 10.0. The van der Waals surface area contributed by atoms with Crippen molar-refractivity contribution in [1.29, 1.82) is 0 Å². The second kappa shape index (κ2) is 7.10. The van der Waals surface area contributed by atoms with Gasteiger partial charge in [-0.15, -0.1) is 0 Å². The molecule has 2 N–H and O–H groups in total. The van der Waals surface area contributed by atoms with E-state index in [0.717, 1.165) is 24.0 Å². The highest BCUT2D eigenvalue weighted by Gasteiger charge is 2.36. The first-order chi connectivity index (χ1) is 12.0. The lowest BCUT2D eigenvalue weighted by Gasteiger charge is -2.20. The first-order valence-corrected chi connectivity index (χ1v) is 8.23. The molecule has 0 aliphatic carbocycles. The van der Waals surface area contributed by atoms with E-state index in [4.69, 9.17) is 9.84 Å². The van der Waals surface area contributed by atoms with E-state index in [-0.39, 0.29) is 18.4 Å². The molecule has 3 amide bonds. The number of rotatable bonds is 3. The fraction of sp³-hybridized carbons (Fsp3) is 0.471. The Balaban J connectivity index is 1.80. The molecule has 3 rings (SSSR count). The Bertz CT molecular complexity index is 706. The van der Waals surface area contributed by atoms with Crippen LogP contribution in [0, 0.1) is 0 Å². The zero-order valence-corrected chi connectivity index (χ0v) is 14.0. The molecule has 1 aromatic carbocycles. The van der Waals surface area contributed by atoms with Crippen molar-refractivity contribution >= 4 is 23.6 Å². The number of nitrogens with zero attached hydrogens (tertiary/aromatic N) is 2. The molecule has 1 saturated heterocycles. The molecule has 1 unspecified atom stereocenters. The average Bonchev–Trinajstić information content (AvgIpc) is 2.89. The van der Waals surface area contributed by atoms with Crippen molar-refractivity contribution in [3.8, 4) is 0 Å². The number of carbonyl (C=O) groups is 3. The van der Waals surface area contributed by atoms with Crippen LogP contribution in [0.3, 0.4) is 0 Å². The maximum Gasteiger partial charge on any atom is 0.415 e. The van der Waals surface area contributed by atoms with E-state index in [1.165, 1.54) is 11.9 Å². The summed E-state index contributed by atoms with van der Waals surface area (Å²) in [5, 5.41) is 11.5. The number of ether oxygens (including phenoxy) is 1. The number of hydrogen-bond donors (Lipinski definition) is 2. The molecular weight excluding hydrogens is 326 g/mol. The molecule has 8 heteroatoms. The largest absolute Gasteiger partial charge is 0.434 e. The monoisotopic (exact) mass is 347 g/mol. The fourth-order valence-electron chi connectivity index (χ4n) is 3.20. The molecule has 0 radical (unpaired) electrons. The van der Waals surface area contributed by atoms with Gasteiger partial charge in [-0.25, -0.2) is 4.79 Å². The quantitative estimate of drug-likeness (QED) is 0.803. The average molecular weight is 347 g/mol. The van der Waals surface area contributed by atoms with Gasteiger partial charge < -0.3 is 20.1 Å². The highest BCUT2D eigenvalue weighted by Crippen LogP contribution is 2.27. The van der Waals surface area contributed by atoms with Crippen LogP contribution in [0.1, 0.15) is 17.5 Å². The number of aryl methyl sites for hydroxylation is 1. The summed E-state index contributed by atoms with van der Waals surface area (Å²) in [5.41, 5.74) is 2.73. The van der Waals surface area contributed by atoms with E-state index in [9.17, 15) is 14.4 Å². The van der Waals surface area contributed by atoms with Crippen LogP contribution < -0.4 is 10.2 Å². The van der Waals surface area contributed by atoms with Gasteiger partial charge in [0.15, 0.2) is 6.10 Å². The minimum absolute atomic E-state index is 0.173. The number of amides is 3. The molecule has 0 saturated carbocycles. The third-order valence-corrected chi connectivity index (χ3v) is 4.58. The zero-order chi connectivity index (χ0) is 18.0. The van der Waals surface area contributed by atoms with Crippen LogP contribution in [0.5, 0.6) is 0 Å². The predicted molar refractivity (Wildman–Crippen MR) is 88.9 cm³/mol. The van der Waals surface area contributed by atoms with Gasteiger partial charge in [0.1, 0.15) is 6.61 Å². The van der Waals surface area contributed by atoms with Gasteiger partial charge in [0.2, 0.25) is 5.91 Å². The van der Waals surface area contributed by atoms with E-state index in [2.05, 4.69) is 5.32 Å². The first-order valence-electron chi connectivity index (χ1n) is 8.23. The van der Waals surface area contributed by atoms with Gasteiger partial charge in [-0.3, -0.25) is 14.5 Å². The molecule has 1 atom stereocenters. The van der Waals surface area contributed by atoms with Gasteiger partial charge in [0, 0.05) is 25.8 Å². The van der Waals surface area contributed by atoms with Crippen LogP contribution in [-0.2, 0) is 27.3 Å². The Kier molecular flexibility index (Phi) is 4.89. The van der Waals surface area contributed by atoms with E-state index < -0.39 is 18.8 Å². The van der Waals surface area contributed by atoms with Crippen LogP contribution >= 0.6 is 0 Å². The molecule has 0 spiro atoms. The molecule has 0 bridgehead atoms. The molecule has 25 heavy (non-hydrogen) atoms. The Morgan fingerprint density at radius 1 is 1.36 bits per heavy atom. The van der Waals surface area contributed by atoms with Crippen LogP contribution in [0.25, 0.3) is 0 Å². The molecular formula is C17H21N3O5. The SMILES string of the molecule is CNC(=O)C1CN(c2ccc3c(c2)CCCN(C(=O)CO)C3)C(=O)O1. The summed E-state index contributed by atoms with van der Waals surface area (Å²) in [4.78, 5) is 38.6. The topological polar surface area (TPSA) is 99.2 Å². The summed E-state index contributed by atoms with van der Waals surface area (Å²) >= 11 is 0. The Labute approximate surface area is 145 Å². The van der Waals surface area contributed by atoms with Gasteiger partial charge in [-0.1, -0.05) is 6.07 Å². The van der Waals surface area contributed by atoms with Crippen molar-refractivity contribution in [2.45, 2.75) is 25.5 Å². The number of fused-ring (bicyclic) bond motifs is 1. The van der Waals surface area contributed by atoms with Gasteiger partial charge in [-0.05, 0) is 36.1 Å². The normalized spacial score (nSPS) is 19.9. The lowest BCUT2D eigenvalue weighted by molar-refractivity contribution is -0.134. The number of anilines is 1. The minimum atomic E-state index is -0.811. The van der Waals surface area contributed by atoms with Gasteiger partial charge in [0.05, 0.1) is 6.54 Å². The molecule has 2 aliphatic heterocycles. The molecule has 2 heterocycles. The van der Waals surface area contributed by atoms with E-state index in [1.807, 2.05) is 12.1 Å². The summed E-state index contributed by atoms with van der Waals surface area (Å²) < 4.78 is 5.11. The third-order valence-electron chi connectivity index (χ3n) is 4.58. The zero-order valence-electron chi connectivity index (χ0n) is 14.0. The smallest absolute Gasteiger partial charge is 0.415 e. The van der Waals surface area contributed by atoms with Crippen molar-refractivity contribution < 1.29 is 24.2 Å². The summed E-state index contributed by atoms with van der Waals surface area (Å²) in [5.74, 6) is -0.614. The van der Waals surface area contributed by atoms with Crippen LogP contribution in [-0.4, -0.2) is 60.8 Å². The summed E-state index contributed by atoms with van der Waals surface area (Å²) in [6, 6.07) is 5.59. The van der Waals surface area contributed by atoms with Crippen molar-refractivity contribution in [1.82, 2.24) is 10.2 Å². The van der Waals surface area contributed by atoms with Crippen LogP contribution in [0.15, 0.2) is 18.2 Å². The van der Waals surface area contributed by atoms with Crippen molar-refractivity contribution in [2.24, 2.45) is 0 Å². The van der Waals surface area contributed by atoms with Gasteiger partial charge in [0.25, 0.3) is 5.91 Å². The second-order valence-electron chi connectivity index (χ2n) is 6.13. The van der Waals surface area contributed by atoms with Crippen molar-refractivity contribution in [2.75, 3.05) is 31.6 Å². The molecule has 1 aromatic rings. The van der Waals surface area contributed by atoms with E-state index in [1.54, 1.807) is 11.0 Å². The number of hydrogen-bond acceptors (Lipinski definition) is 5. The molecule has 8 nitrogen and oxygen atoms in total. The second-order valence-corrected chi connectivity index (χ2v) is 6.13. The van der Waals surface area contributed by atoms with E-state index >= 15 is 0 Å². The summed E-state index contributed by atoms with van der Waals surface area (Å²) in [6.07, 6.45) is 0.210. The Morgan fingerprint density at radius 3 is 2.88 bits per heavy atom. The third kappa shape index (κ3) is 3.43. The number of nitrogens with one attached hydrogen (secondary N) is 1. The van der Waals surface area contributed by atoms with E-state index in [0.29, 0.717) is 18.8 Å². The first kappa shape index (κ1) is 17.2. The standard InChI is InChI=1S/C17H21N3O5/c1-18-16(23)14-9-20(17(24)25-14)13-5-4-12-8-19(15(22)10-21)6-2-3-11(12)7-13/h4-5,7,14,21H,2-3,6,8-10H2,1H3,(H,18,23). The predicted octanol–water partition coefficient (Wildman–Crippen LogP) is 0.0249. The number of aliphatic hydroxyl groups excluding tert-OH is 1. The number of likely N-dealkylation sites (N-methyl/N-ethyl adjacent to an activating group) is 1. The van der Waals surface area contributed by atoms with Crippen molar-refractivity contribution in [3.63, 3.8) is 0 Å². The highest BCUT2D eigenvalue weighted by atomic mass is 16.6. The summed E-state index contributed by atoms with van der Waals surface area (Å²) in [7, 11) is 1.50. The maximum absolute atomic E-state index is 12.1. The Morgan fingerprint density at radius 2 is 2.16 bits per heavy atom. The van der Waals surface area contributed by atoms with Gasteiger partial charge in [-0.2, -0.15) is 0 Å².